The highest BCUT2D eigenvalue weighted by atomic mass is 16.6. The number of ether oxygens (including phenoxy) is 4. The molecule has 2 aromatic carbocycles. The molecule has 0 spiro atoms. The number of benzene rings is 2. The maximum atomic E-state index is 12.3. The minimum Gasteiger partial charge on any atom is -0.493 e. The van der Waals surface area contributed by atoms with Crippen LogP contribution in [0, 0.1) is 10.1 Å². The molecule has 2 aromatic rings. The minimum absolute atomic E-state index is 0.0207. The highest BCUT2D eigenvalue weighted by molar-refractivity contribution is 5.79. The van der Waals surface area contributed by atoms with E-state index in [2.05, 4.69) is 0 Å². The first-order chi connectivity index (χ1) is 11.6. The number of hydrogen-bond donors (Lipinski definition) is 0. The molecule has 8 nitrogen and oxygen atoms in total. The molecule has 124 valence electrons. The fraction of sp³-hybridized carbons (Fsp3) is 0.188. The second-order valence-electron chi connectivity index (χ2n) is 4.88. The van der Waals surface area contributed by atoms with Crippen LogP contribution in [-0.2, 0) is 4.79 Å². The molecule has 0 saturated heterocycles. The zero-order chi connectivity index (χ0) is 17.1. The average Bonchev–Trinajstić information content (AvgIpc) is 2.61. The van der Waals surface area contributed by atoms with Gasteiger partial charge in [-0.2, -0.15) is 0 Å². The molecule has 0 unspecified atom stereocenters. The van der Waals surface area contributed by atoms with Crippen LogP contribution in [0.3, 0.4) is 0 Å². The standard InChI is InChI=1S/C16H13NO7/c1-21-11-7-6-10(17(19)20)8-14(11)24-16(18)15-9-22-12-4-2-3-5-13(12)23-15/h2-8,15H,9H2,1H3/t15-/m1/s1. The molecule has 8 heteroatoms. The number of carbonyl (C=O) groups is 1. The van der Waals surface area contributed by atoms with Crippen molar-refractivity contribution in [3.63, 3.8) is 0 Å². The summed E-state index contributed by atoms with van der Waals surface area (Å²) in [5.74, 6) is 0.375. The quantitative estimate of drug-likeness (QED) is 0.367. The third kappa shape index (κ3) is 3.07. The number of nitrogens with zero attached hydrogens (tertiary/aromatic N) is 1. The predicted octanol–water partition coefficient (Wildman–Crippen LogP) is 2.35. The number of para-hydroxylation sites is 2. The van der Waals surface area contributed by atoms with Gasteiger partial charge < -0.3 is 18.9 Å². The Morgan fingerprint density at radius 1 is 1.21 bits per heavy atom. The van der Waals surface area contributed by atoms with Gasteiger partial charge in [0.15, 0.2) is 23.0 Å². The van der Waals surface area contributed by atoms with Crippen molar-refractivity contribution < 1.29 is 28.7 Å². The van der Waals surface area contributed by atoms with E-state index < -0.39 is 17.0 Å². The molecule has 0 radical (unpaired) electrons. The number of non-ortho nitro benzene ring substituents is 1. The van der Waals surface area contributed by atoms with E-state index in [0.717, 1.165) is 6.07 Å². The lowest BCUT2D eigenvalue weighted by Crippen LogP contribution is -2.39. The SMILES string of the molecule is COc1ccc([N+](=O)[O-])cc1OC(=O)[C@H]1COc2ccccc2O1. The number of hydrogen-bond acceptors (Lipinski definition) is 7. The smallest absolute Gasteiger partial charge is 0.356 e. The van der Waals surface area contributed by atoms with E-state index in [9.17, 15) is 14.9 Å². The number of nitro benzene ring substituents is 1. The third-order valence-electron chi connectivity index (χ3n) is 3.34. The van der Waals surface area contributed by atoms with E-state index in [4.69, 9.17) is 18.9 Å². The number of carbonyl (C=O) groups excluding carboxylic acids is 1. The number of methoxy groups -OCH3 is 1. The van der Waals surface area contributed by atoms with Crippen molar-refractivity contribution in [2.45, 2.75) is 6.10 Å². The molecule has 0 aliphatic carbocycles. The molecule has 24 heavy (non-hydrogen) atoms. The van der Waals surface area contributed by atoms with E-state index in [1.807, 2.05) is 0 Å². The van der Waals surface area contributed by atoms with E-state index in [1.165, 1.54) is 19.2 Å². The van der Waals surface area contributed by atoms with Crippen LogP contribution in [-0.4, -0.2) is 30.7 Å². The van der Waals surface area contributed by atoms with Gasteiger partial charge in [0, 0.05) is 6.07 Å². The summed E-state index contributed by atoms with van der Waals surface area (Å²) in [6.45, 7) is -0.0207. The zero-order valence-corrected chi connectivity index (χ0v) is 12.6. The van der Waals surface area contributed by atoms with Gasteiger partial charge in [-0.15, -0.1) is 0 Å². The second-order valence-corrected chi connectivity index (χ2v) is 4.88. The van der Waals surface area contributed by atoms with E-state index in [1.54, 1.807) is 24.3 Å². The molecule has 1 aliphatic heterocycles. The van der Waals surface area contributed by atoms with Gasteiger partial charge in [0.25, 0.3) is 5.69 Å². The van der Waals surface area contributed by atoms with Crippen molar-refractivity contribution in [3.05, 3.63) is 52.6 Å². The Bertz CT molecular complexity index is 790. The largest absolute Gasteiger partial charge is 0.493 e. The normalized spacial score (nSPS) is 15.5. The first-order valence-electron chi connectivity index (χ1n) is 7.01. The molecule has 0 aromatic heterocycles. The van der Waals surface area contributed by atoms with E-state index >= 15 is 0 Å². The second kappa shape index (κ2) is 6.45. The summed E-state index contributed by atoms with van der Waals surface area (Å²) < 4.78 is 21.3. The Labute approximate surface area is 136 Å². The molecule has 1 atom stereocenters. The highest BCUT2D eigenvalue weighted by Crippen LogP contribution is 2.34. The van der Waals surface area contributed by atoms with Crippen LogP contribution in [0.5, 0.6) is 23.0 Å². The van der Waals surface area contributed by atoms with Crippen molar-refractivity contribution in [2.75, 3.05) is 13.7 Å². The topological polar surface area (TPSA) is 97.1 Å². The van der Waals surface area contributed by atoms with Crippen LogP contribution in [0.15, 0.2) is 42.5 Å². The van der Waals surface area contributed by atoms with Gasteiger partial charge in [-0.05, 0) is 18.2 Å². The molecule has 1 heterocycles. The fourth-order valence-corrected chi connectivity index (χ4v) is 2.17. The molecule has 0 N–H and O–H groups in total. The van der Waals surface area contributed by atoms with Crippen LogP contribution in [0.2, 0.25) is 0 Å². The molecular formula is C16H13NO7. The lowest BCUT2D eigenvalue weighted by Gasteiger charge is -2.25. The van der Waals surface area contributed by atoms with Gasteiger partial charge in [-0.25, -0.2) is 4.79 Å². The summed E-state index contributed by atoms with van der Waals surface area (Å²) in [7, 11) is 1.37. The molecule has 1 aliphatic rings. The summed E-state index contributed by atoms with van der Waals surface area (Å²) in [4.78, 5) is 22.5. The molecule has 0 fully saturated rings. The summed E-state index contributed by atoms with van der Waals surface area (Å²) >= 11 is 0. The Morgan fingerprint density at radius 3 is 2.67 bits per heavy atom. The van der Waals surface area contributed by atoms with Crippen molar-refractivity contribution in [1.82, 2.24) is 0 Å². The fourth-order valence-electron chi connectivity index (χ4n) is 2.17. The summed E-state index contributed by atoms with van der Waals surface area (Å²) in [5, 5.41) is 10.9. The third-order valence-corrected chi connectivity index (χ3v) is 3.34. The number of nitro groups is 1. The van der Waals surface area contributed by atoms with Crippen LogP contribution in [0.1, 0.15) is 0 Å². The first kappa shape index (κ1) is 15.6. The van der Waals surface area contributed by atoms with Crippen molar-refractivity contribution in [2.24, 2.45) is 0 Å². The molecular weight excluding hydrogens is 318 g/mol. The average molecular weight is 331 g/mol. The summed E-state index contributed by atoms with van der Waals surface area (Å²) in [5.41, 5.74) is -0.218. The molecule has 0 bridgehead atoms. The monoisotopic (exact) mass is 331 g/mol. The number of fused-ring (bicyclic) bond motifs is 1. The van der Waals surface area contributed by atoms with Crippen LogP contribution in [0.4, 0.5) is 5.69 Å². The van der Waals surface area contributed by atoms with Gasteiger partial charge in [0.1, 0.15) is 6.61 Å². The molecule has 0 saturated carbocycles. The highest BCUT2D eigenvalue weighted by Gasteiger charge is 2.30. The van der Waals surface area contributed by atoms with E-state index in [-0.39, 0.29) is 23.8 Å². The first-order valence-corrected chi connectivity index (χ1v) is 7.01. The Morgan fingerprint density at radius 2 is 1.96 bits per heavy atom. The van der Waals surface area contributed by atoms with Gasteiger partial charge in [0.05, 0.1) is 18.1 Å². The van der Waals surface area contributed by atoms with Crippen LogP contribution >= 0.6 is 0 Å². The predicted molar refractivity (Wildman–Crippen MR) is 81.6 cm³/mol. The lowest BCUT2D eigenvalue weighted by atomic mass is 10.2. The Hall–Kier alpha value is -3.29. The van der Waals surface area contributed by atoms with Crippen LogP contribution in [0.25, 0.3) is 0 Å². The van der Waals surface area contributed by atoms with Gasteiger partial charge in [-0.3, -0.25) is 10.1 Å². The van der Waals surface area contributed by atoms with Gasteiger partial charge in [-0.1, -0.05) is 12.1 Å². The summed E-state index contributed by atoms with van der Waals surface area (Å²) in [6, 6.07) is 10.7. The van der Waals surface area contributed by atoms with Gasteiger partial charge >= 0.3 is 5.97 Å². The van der Waals surface area contributed by atoms with Crippen molar-refractivity contribution >= 4 is 11.7 Å². The zero-order valence-electron chi connectivity index (χ0n) is 12.6. The number of rotatable bonds is 4. The molecule has 3 rings (SSSR count). The van der Waals surface area contributed by atoms with Crippen LogP contribution < -0.4 is 18.9 Å². The maximum Gasteiger partial charge on any atom is 0.356 e. The Balaban J connectivity index is 1.78. The Kier molecular flexibility index (Phi) is 4.19. The van der Waals surface area contributed by atoms with Crippen molar-refractivity contribution in [3.8, 4) is 23.0 Å². The van der Waals surface area contributed by atoms with Gasteiger partial charge in [0.2, 0.25) is 6.10 Å². The van der Waals surface area contributed by atoms with Crippen molar-refractivity contribution in [1.29, 1.82) is 0 Å². The lowest BCUT2D eigenvalue weighted by molar-refractivity contribution is -0.384. The minimum atomic E-state index is -0.983. The molecule has 0 amide bonds. The van der Waals surface area contributed by atoms with E-state index in [0.29, 0.717) is 11.5 Å². The number of esters is 1. The maximum absolute atomic E-state index is 12.3. The summed E-state index contributed by atoms with van der Waals surface area (Å²) in [6.07, 6.45) is -0.983.